The number of aromatic nitrogens is 3. The molecule has 0 aliphatic carbocycles. The van der Waals surface area contributed by atoms with E-state index in [1.54, 1.807) is 18.0 Å². The molecular weight excluding hydrogens is 445 g/mol. The molecule has 1 aliphatic rings. The molecule has 0 spiro atoms. The van der Waals surface area contributed by atoms with Crippen LogP contribution in [-0.4, -0.2) is 38.3 Å². The van der Waals surface area contributed by atoms with Crippen LogP contribution in [0, 0.1) is 0 Å². The van der Waals surface area contributed by atoms with Crippen LogP contribution in [0.1, 0.15) is 56.2 Å². The van der Waals surface area contributed by atoms with Crippen LogP contribution in [0.5, 0.6) is 0 Å². The minimum absolute atomic E-state index is 0.398. The number of aryl methyl sites for hydroxylation is 1. The first kappa shape index (κ1) is 24.1. The van der Waals surface area contributed by atoms with Gasteiger partial charge < -0.3 is 4.57 Å². The van der Waals surface area contributed by atoms with Crippen molar-refractivity contribution >= 4 is 22.7 Å². The summed E-state index contributed by atoms with van der Waals surface area (Å²) in [5, 5.41) is 0.788. The summed E-state index contributed by atoms with van der Waals surface area (Å²) in [4.78, 5) is 12.2. The molecule has 0 atom stereocenters. The predicted molar refractivity (Wildman–Crippen MR) is 127 cm³/mol. The van der Waals surface area contributed by atoms with Gasteiger partial charge in [-0.2, -0.15) is 13.2 Å². The first-order valence-electron chi connectivity index (χ1n) is 11.8. The Balaban J connectivity index is 1.15. The van der Waals surface area contributed by atoms with Crippen LogP contribution >= 0.6 is 11.8 Å². The first-order chi connectivity index (χ1) is 16.0. The van der Waals surface area contributed by atoms with Gasteiger partial charge in [0, 0.05) is 35.8 Å². The van der Waals surface area contributed by atoms with E-state index in [9.17, 15) is 13.2 Å². The third-order valence-corrected chi connectivity index (χ3v) is 7.28. The van der Waals surface area contributed by atoms with Gasteiger partial charge in [0.25, 0.3) is 0 Å². The summed E-state index contributed by atoms with van der Waals surface area (Å²) in [6.45, 7) is 4.34. The van der Waals surface area contributed by atoms with E-state index >= 15 is 0 Å². The summed E-state index contributed by atoms with van der Waals surface area (Å²) >= 11 is 1.70. The topological polar surface area (TPSA) is 34.0 Å². The zero-order valence-electron chi connectivity index (χ0n) is 18.9. The monoisotopic (exact) mass is 476 g/mol. The zero-order chi connectivity index (χ0) is 23.1. The van der Waals surface area contributed by atoms with E-state index in [4.69, 9.17) is 0 Å². The number of hydrogen-bond acceptors (Lipinski definition) is 4. The normalized spacial score (nSPS) is 15.4. The Hall–Kier alpha value is -2.06. The number of benzene rings is 1. The van der Waals surface area contributed by atoms with E-state index in [-0.39, 0.29) is 0 Å². The van der Waals surface area contributed by atoms with Crippen molar-refractivity contribution in [3.05, 3.63) is 54.2 Å². The zero-order valence-corrected chi connectivity index (χ0v) is 19.7. The molecule has 0 saturated carbocycles. The molecule has 0 bridgehead atoms. The van der Waals surface area contributed by atoms with Crippen LogP contribution in [0.15, 0.2) is 47.9 Å². The summed E-state index contributed by atoms with van der Waals surface area (Å²) in [7, 11) is 0. The van der Waals surface area contributed by atoms with Crippen molar-refractivity contribution in [2.24, 2.45) is 0 Å². The average Bonchev–Trinajstić information content (AvgIpc) is 3.25. The number of thioether (sulfide) groups is 1. The third kappa shape index (κ3) is 6.96. The summed E-state index contributed by atoms with van der Waals surface area (Å²) in [6, 6.07) is 5.70. The molecule has 2 aromatic heterocycles. The second-order valence-electron chi connectivity index (χ2n) is 8.74. The molecule has 1 saturated heterocycles. The molecule has 0 radical (unpaired) electrons. The third-order valence-electron chi connectivity index (χ3n) is 6.12. The molecule has 0 N–H and O–H groups in total. The molecule has 8 heteroatoms. The average molecular weight is 477 g/mol. The van der Waals surface area contributed by atoms with Crippen LogP contribution in [-0.2, 0) is 19.3 Å². The Kier molecular flexibility index (Phi) is 8.30. The standard InChI is InChI=1S/C25H31F3N4S/c26-25(27,28)20-8-9-22-23(16-20)29-11-10-24(22)33-15-7-2-1-4-14-32-18-21(30-19-32)17-31-12-5-3-6-13-31/h8-11,16,18-19H,1-7,12-15,17H2. The van der Waals surface area contributed by atoms with Crippen molar-refractivity contribution in [3.8, 4) is 0 Å². The van der Waals surface area contributed by atoms with E-state index < -0.39 is 11.7 Å². The molecule has 4 rings (SSSR count). The number of rotatable bonds is 10. The molecule has 3 aromatic rings. The largest absolute Gasteiger partial charge is 0.416 e. The number of pyridine rings is 1. The van der Waals surface area contributed by atoms with E-state index in [0.717, 1.165) is 66.9 Å². The maximum atomic E-state index is 12.9. The minimum atomic E-state index is -4.34. The van der Waals surface area contributed by atoms with Crippen molar-refractivity contribution in [2.45, 2.75) is 69.1 Å². The molecule has 1 aromatic carbocycles. The van der Waals surface area contributed by atoms with Gasteiger partial charge in [0.1, 0.15) is 0 Å². The number of nitrogens with zero attached hydrogens (tertiary/aromatic N) is 4. The number of halogens is 3. The number of likely N-dealkylation sites (tertiary alicyclic amines) is 1. The smallest absolute Gasteiger partial charge is 0.337 e. The predicted octanol–water partition coefficient (Wildman–Crippen LogP) is 6.79. The van der Waals surface area contributed by atoms with Crippen LogP contribution in [0.4, 0.5) is 13.2 Å². The Morgan fingerprint density at radius 2 is 1.76 bits per heavy atom. The molecule has 4 nitrogen and oxygen atoms in total. The maximum absolute atomic E-state index is 12.9. The van der Waals surface area contributed by atoms with Crippen molar-refractivity contribution < 1.29 is 13.2 Å². The quantitative estimate of drug-likeness (QED) is 0.238. The van der Waals surface area contributed by atoms with Crippen molar-refractivity contribution in [1.29, 1.82) is 0 Å². The fourth-order valence-corrected chi connectivity index (χ4v) is 5.37. The minimum Gasteiger partial charge on any atom is -0.337 e. The van der Waals surface area contributed by atoms with E-state index in [0.29, 0.717) is 5.52 Å². The fourth-order valence-electron chi connectivity index (χ4n) is 4.31. The van der Waals surface area contributed by atoms with Gasteiger partial charge in [-0.25, -0.2) is 4.98 Å². The lowest BCUT2D eigenvalue weighted by Crippen LogP contribution is -2.29. The lowest BCUT2D eigenvalue weighted by atomic mass is 10.1. The molecule has 1 aliphatic heterocycles. The Bertz CT molecular complexity index is 1030. The van der Waals surface area contributed by atoms with Crippen molar-refractivity contribution in [3.63, 3.8) is 0 Å². The molecule has 0 amide bonds. The van der Waals surface area contributed by atoms with Gasteiger partial charge in [-0.15, -0.1) is 11.8 Å². The van der Waals surface area contributed by atoms with Crippen LogP contribution < -0.4 is 0 Å². The number of unbranched alkanes of at least 4 members (excludes halogenated alkanes) is 3. The molecular formula is C25H31F3N4S. The van der Waals surface area contributed by atoms with Gasteiger partial charge in [0.05, 0.1) is 23.1 Å². The van der Waals surface area contributed by atoms with Gasteiger partial charge in [0.2, 0.25) is 0 Å². The van der Waals surface area contributed by atoms with Gasteiger partial charge >= 0.3 is 6.18 Å². The first-order valence-corrected chi connectivity index (χ1v) is 12.8. The van der Waals surface area contributed by atoms with Crippen molar-refractivity contribution in [2.75, 3.05) is 18.8 Å². The van der Waals surface area contributed by atoms with Crippen molar-refractivity contribution in [1.82, 2.24) is 19.4 Å². The van der Waals surface area contributed by atoms with Crippen LogP contribution in [0.3, 0.4) is 0 Å². The Labute approximate surface area is 197 Å². The van der Waals surface area contributed by atoms with Crippen LogP contribution in [0.2, 0.25) is 0 Å². The second kappa shape index (κ2) is 11.4. The molecule has 178 valence electrons. The number of hydrogen-bond donors (Lipinski definition) is 0. The maximum Gasteiger partial charge on any atom is 0.416 e. The highest BCUT2D eigenvalue weighted by molar-refractivity contribution is 7.99. The molecule has 0 unspecified atom stereocenters. The number of fused-ring (bicyclic) bond motifs is 1. The van der Waals surface area contributed by atoms with E-state index in [2.05, 4.69) is 25.6 Å². The summed E-state index contributed by atoms with van der Waals surface area (Å²) in [5.74, 6) is 0.950. The van der Waals surface area contributed by atoms with E-state index in [1.165, 1.54) is 44.1 Å². The number of alkyl halides is 3. The van der Waals surface area contributed by atoms with Gasteiger partial charge in [-0.05, 0) is 62.7 Å². The Morgan fingerprint density at radius 3 is 2.58 bits per heavy atom. The SMILES string of the molecule is FC(F)(F)c1ccc2c(SCCCCCCn3cnc(CN4CCCCC4)c3)ccnc2c1. The number of piperidine rings is 1. The second-order valence-corrected chi connectivity index (χ2v) is 9.88. The summed E-state index contributed by atoms with van der Waals surface area (Å²) in [5.41, 5.74) is 0.913. The summed E-state index contributed by atoms with van der Waals surface area (Å²) < 4.78 is 41.0. The lowest BCUT2D eigenvalue weighted by molar-refractivity contribution is -0.137. The molecule has 3 heterocycles. The van der Waals surface area contributed by atoms with E-state index in [1.807, 2.05) is 12.4 Å². The van der Waals surface area contributed by atoms with Gasteiger partial charge in [-0.1, -0.05) is 25.3 Å². The lowest BCUT2D eigenvalue weighted by Gasteiger charge is -2.25. The highest BCUT2D eigenvalue weighted by Crippen LogP contribution is 2.34. The molecule has 1 fully saturated rings. The Morgan fingerprint density at radius 1 is 0.939 bits per heavy atom. The highest BCUT2D eigenvalue weighted by Gasteiger charge is 2.30. The molecule has 33 heavy (non-hydrogen) atoms. The number of imidazole rings is 1. The fraction of sp³-hybridized carbons (Fsp3) is 0.520. The van der Waals surface area contributed by atoms with Gasteiger partial charge in [0.15, 0.2) is 0 Å². The highest BCUT2D eigenvalue weighted by atomic mass is 32.2. The van der Waals surface area contributed by atoms with Gasteiger partial charge in [-0.3, -0.25) is 9.88 Å². The summed E-state index contributed by atoms with van der Waals surface area (Å²) in [6.07, 6.45) is 9.85. The van der Waals surface area contributed by atoms with Crippen LogP contribution in [0.25, 0.3) is 10.9 Å².